The van der Waals surface area contributed by atoms with E-state index >= 15 is 0 Å². The fourth-order valence-corrected chi connectivity index (χ4v) is 2.28. The van der Waals surface area contributed by atoms with Crippen molar-refractivity contribution in [3.8, 4) is 5.75 Å². The van der Waals surface area contributed by atoms with E-state index in [0.717, 1.165) is 30.7 Å². The van der Waals surface area contributed by atoms with Gasteiger partial charge in [-0.1, -0.05) is 18.2 Å². The summed E-state index contributed by atoms with van der Waals surface area (Å²) in [5.41, 5.74) is 1.12. The lowest BCUT2D eigenvalue weighted by atomic mass is 10.2. The Balaban J connectivity index is 1.76. The smallest absolute Gasteiger partial charge is 0.239 e. The second-order valence-electron chi connectivity index (χ2n) is 5.02. The third-order valence-electron chi connectivity index (χ3n) is 3.51. The molecular weight excluding hydrogens is 240 g/mol. The zero-order valence-electron chi connectivity index (χ0n) is 11.7. The van der Waals surface area contributed by atoms with Crippen LogP contribution in [0.2, 0.25) is 0 Å². The largest absolute Gasteiger partial charge is 0.491 e. The first kappa shape index (κ1) is 13.9. The van der Waals surface area contributed by atoms with Crippen LogP contribution >= 0.6 is 0 Å². The highest BCUT2D eigenvalue weighted by Gasteiger charge is 2.24. The molecule has 1 aliphatic rings. The fraction of sp³-hybridized carbons (Fsp3) is 0.533. The van der Waals surface area contributed by atoms with Crippen molar-refractivity contribution in [3.05, 3.63) is 29.8 Å². The number of likely N-dealkylation sites (N-methyl/N-ethyl adjacent to an activating group) is 1. The average Bonchev–Trinajstić information content (AvgIpc) is 2.94. The van der Waals surface area contributed by atoms with Gasteiger partial charge in [-0.25, -0.2) is 0 Å². The van der Waals surface area contributed by atoms with Gasteiger partial charge in [0.25, 0.3) is 0 Å². The monoisotopic (exact) mass is 262 g/mol. The summed E-state index contributed by atoms with van der Waals surface area (Å²) >= 11 is 0. The highest BCUT2D eigenvalue weighted by molar-refractivity contribution is 5.81. The third-order valence-corrected chi connectivity index (χ3v) is 3.51. The topological polar surface area (TPSA) is 41.6 Å². The normalized spacial score (nSPS) is 18.3. The SMILES string of the molecule is Cc1ccccc1OCCN(C)C(=O)[C@H]1CCCN1. The van der Waals surface area contributed by atoms with Crippen LogP contribution in [0.5, 0.6) is 5.75 Å². The van der Waals surface area contributed by atoms with Gasteiger partial charge in [-0.3, -0.25) is 4.79 Å². The number of para-hydroxylation sites is 1. The maximum Gasteiger partial charge on any atom is 0.239 e. The van der Waals surface area contributed by atoms with Crippen LogP contribution in [0.3, 0.4) is 0 Å². The Kier molecular flexibility index (Phi) is 4.80. The summed E-state index contributed by atoms with van der Waals surface area (Å²) in [6.45, 7) is 4.11. The van der Waals surface area contributed by atoms with E-state index in [9.17, 15) is 4.79 Å². The molecule has 1 heterocycles. The van der Waals surface area contributed by atoms with E-state index < -0.39 is 0 Å². The number of ether oxygens (including phenoxy) is 1. The van der Waals surface area contributed by atoms with Crippen molar-refractivity contribution in [3.63, 3.8) is 0 Å². The highest BCUT2D eigenvalue weighted by Crippen LogP contribution is 2.16. The molecule has 0 unspecified atom stereocenters. The van der Waals surface area contributed by atoms with Gasteiger partial charge in [0, 0.05) is 7.05 Å². The summed E-state index contributed by atoms with van der Waals surface area (Å²) in [6, 6.07) is 7.93. The minimum absolute atomic E-state index is 0.00320. The van der Waals surface area contributed by atoms with Gasteiger partial charge >= 0.3 is 0 Å². The molecular formula is C15H22N2O2. The molecule has 19 heavy (non-hydrogen) atoms. The number of nitrogens with one attached hydrogen (secondary N) is 1. The number of benzene rings is 1. The Morgan fingerprint density at radius 2 is 2.26 bits per heavy atom. The molecule has 1 fully saturated rings. The summed E-state index contributed by atoms with van der Waals surface area (Å²) in [7, 11) is 1.84. The van der Waals surface area contributed by atoms with Gasteiger partial charge in [-0.05, 0) is 37.9 Å². The van der Waals surface area contributed by atoms with Crippen LogP contribution < -0.4 is 10.1 Å². The number of carbonyl (C=O) groups excluding carboxylic acids is 1. The lowest BCUT2D eigenvalue weighted by molar-refractivity contribution is -0.132. The number of amides is 1. The zero-order chi connectivity index (χ0) is 13.7. The Bertz CT molecular complexity index is 428. The van der Waals surface area contributed by atoms with Crippen LogP contribution in [0.25, 0.3) is 0 Å². The number of carbonyl (C=O) groups is 1. The molecule has 1 N–H and O–H groups in total. The Labute approximate surface area is 114 Å². The first-order valence-electron chi connectivity index (χ1n) is 6.85. The molecule has 1 saturated heterocycles. The molecule has 1 aromatic carbocycles. The predicted molar refractivity (Wildman–Crippen MR) is 75.3 cm³/mol. The number of nitrogens with zero attached hydrogens (tertiary/aromatic N) is 1. The minimum Gasteiger partial charge on any atom is -0.491 e. The van der Waals surface area contributed by atoms with Crippen LogP contribution in [-0.4, -0.2) is 43.6 Å². The molecule has 2 rings (SSSR count). The second-order valence-corrected chi connectivity index (χ2v) is 5.02. The van der Waals surface area contributed by atoms with Gasteiger partial charge in [-0.2, -0.15) is 0 Å². The molecule has 0 radical (unpaired) electrons. The summed E-state index contributed by atoms with van der Waals surface area (Å²) in [4.78, 5) is 13.8. The second kappa shape index (κ2) is 6.57. The van der Waals surface area contributed by atoms with Crippen molar-refractivity contribution >= 4 is 5.91 Å². The van der Waals surface area contributed by atoms with E-state index in [1.54, 1.807) is 4.90 Å². The third kappa shape index (κ3) is 3.70. The predicted octanol–water partition coefficient (Wildman–Crippen LogP) is 1.58. The van der Waals surface area contributed by atoms with Crippen LogP contribution in [0, 0.1) is 6.92 Å². The lowest BCUT2D eigenvalue weighted by Gasteiger charge is -2.21. The summed E-state index contributed by atoms with van der Waals surface area (Å²) in [5.74, 6) is 1.06. The standard InChI is InChI=1S/C15H22N2O2/c1-12-6-3-4-8-14(12)19-11-10-17(2)15(18)13-7-5-9-16-13/h3-4,6,8,13,16H,5,7,9-11H2,1-2H3/t13-/m1/s1. The Morgan fingerprint density at radius 1 is 1.47 bits per heavy atom. The Morgan fingerprint density at radius 3 is 2.95 bits per heavy atom. The van der Waals surface area contributed by atoms with E-state index in [4.69, 9.17) is 4.74 Å². The van der Waals surface area contributed by atoms with Gasteiger partial charge < -0.3 is 15.0 Å². The molecule has 104 valence electrons. The van der Waals surface area contributed by atoms with E-state index in [1.807, 2.05) is 38.2 Å². The fourth-order valence-electron chi connectivity index (χ4n) is 2.28. The van der Waals surface area contributed by atoms with Gasteiger partial charge in [0.1, 0.15) is 12.4 Å². The number of hydrogen-bond donors (Lipinski definition) is 1. The zero-order valence-corrected chi connectivity index (χ0v) is 11.7. The maximum absolute atomic E-state index is 12.1. The van der Waals surface area contributed by atoms with Crippen LogP contribution in [0.1, 0.15) is 18.4 Å². The van der Waals surface area contributed by atoms with E-state index in [2.05, 4.69) is 5.32 Å². The van der Waals surface area contributed by atoms with Crippen molar-refractivity contribution in [2.75, 3.05) is 26.7 Å². The van der Waals surface area contributed by atoms with E-state index in [1.165, 1.54) is 0 Å². The number of hydrogen-bond acceptors (Lipinski definition) is 3. The van der Waals surface area contributed by atoms with Gasteiger partial charge in [-0.15, -0.1) is 0 Å². The quantitative estimate of drug-likeness (QED) is 0.876. The average molecular weight is 262 g/mol. The van der Waals surface area contributed by atoms with Crippen molar-refractivity contribution in [2.45, 2.75) is 25.8 Å². The first-order chi connectivity index (χ1) is 9.18. The summed E-state index contributed by atoms with van der Waals surface area (Å²) < 4.78 is 5.71. The first-order valence-corrected chi connectivity index (χ1v) is 6.85. The van der Waals surface area contributed by atoms with Gasteiger partial charge in [0.2, 0.25) is 5.91 Å². The molecule has 1 aromatic rings. The summed E-state index contributed by atoms with van der Waals surface area (Å²) in [6.07, 6.45) is 2.03. The van der Waals surface area contributed by atoms with Crippen LogP contribution in [-0.2, 0) is 4.79 Å². The highest BCUT2D eigenvalue weighted by atomic mass is 16.5. The number of aryl methyl sites for hydroxylation is 1. The molecule has 4 heteroatoms. The lowest BCUT2D eigenvalue weighted by Crippen LogP contribution is -2.43. The van der Waals surface area contributed by atoms with Gasteiger partial charge in [0.15, 0.2) is 0 Å². The molecule has 0 bridgehead atoms. The number of rotatable bonds is 5. The van der Waals surface area contributed by atoms with Crippen LogP contribution in [0.15, 0.2) is 24.3 Å². The molecule has 4 nitrogen and oxygen atoms in total. The van der Waals surface area contributed by atoms with Crippen molar-refractivity contribution in [1.29, 1.82) is 0 Å². The minimum atomic E-state index is 0.00320. The molecule has 0 aromatic heterocycles. The molecule has 0 spiro atoms. The van der Waals surface area contributed by atoms with Crippen molar-refractivity contribution in [1.82, 2.24) is 10.2 Å². The van der Waals surface area contributed by atoms with Crippen LogP contribution in [0.4, 0.5) is 0 Å². The van der Waals surface area contributed by atoms with E-state index in [0.29, 0.717) is 13.2 Å². The molecule has 1 atom stereocenters. The molecule has 0 saturated carbocycles. The van der Waals surface area contributed by atoms with Crippen molar-refractivity contribution < 1.29 is 9.53 Å². The molecule has 1 aliphatic heterocycles. The van der Waals surface area contributed by atoms with E-state index in [-0.39, 0.29) is 11.9 Å². The summed E-state index contributed by atoms with van der Waals surface area (Å²) in [5, 5.41) is 3.22. The molecule has 1 amide bonds. The van der Waals surface area contributed by atoms with Gasteiger partial charge in [0.05, 0.1) is 12.6 Å². The maximum atomic E-state index is 12.1. The van der Waals surface area contributed by atoms with Crippen molar-refractivity contribution in [2.24, 2.45) is 0 Å². The Hall–Kier alpha value is -1.55. The molecule has 0 aliphatic carbocycles.